The van der Waals surface area contributed by atoms with Crippen LogP contribution in [-0.4, -0.2) is 70.9 Å². The third-order valence-electron chi connectivity index (χ3n) is 4.64. The van der Waals surface area contributed by atoms with E-state index in [9.17, 15) is 0 Å². The molecule has 146 valence electrons. The predicted molar refractivity (Wildman–Crippen MR) is 110 cm³/mol. The predicted octanol–water partition coefficient (Wildman–Crippen LogP) is 1.84. The Bertz CT molecular complexity index is 567. The Morgan fingerprint density at radius 1 is 1.23 bits per heavy atom. The standard InChI is InChI=1S/C20H35N5O/c1-5-21-20(22-9-6-10-25-11-13-26-14-12-25)23-16-18-7-8-19(24(3)4)15-17(18)2/h7-8,15H,5-6,9-14,16H2,1-4H3,(H2,21,22,23). The first-order chi connectivity index (χ1) is 12.6. The van der Waals surface area contributed by atoms with Crippen LogP contribution in [0.25, 0.3) is 0 Å². The van der Waals surface area contributed by atoms with Gasteiger partial charge in [0.15, 0.2) is 5.96 Å². The first-order valence-corrected chi connectivity index (χ1v) is 9.69. The van der Waals surface area contributed by atoms with Crippen molar-refractivity contribution in [2.75, 3.05) is 64.9 Å². The molecular formula is C20H35N5O. The van der Waals surface area contributed by atoms with Crippen LogP contribution in [0.1, 0.15) is 24.5 Å². The molecule has 6 heteroatoms. The lowest BCUT2D eigenvalue weighted by Gasteiger charge is -2.26. The Morgan fingerprint density at radius 2 is 2.00 bits per heavy atom. The molecule has 0 bridgehead atoms. The number of morpholine rings is 1. The van der Waals surface area contributed by atoms with E-state index in [1.54, 1.807) is 0 Å². The minimum absolute atomic E-state index is 0.693. The van der Waals surface area contributed by atoms with E-state index in [0.29, 0.717) is 6.54 Å². The van der Waals surface area contributed by atoms with Crippen LogP contribution in [0, 0.1) is 6.92 Å². The molecule has 2 rings (SSSR count). The van der Waals surface area contributed by atoms with Gasteiger partial charge < -0.3 is 20.3 Å². The highest BCUT2D eigenvalue weighted by atomic mass is 16.5. The van der Waals surface area contributed by atoms with Crippen molar-refractivity contribution in [3.05, 3.63) is 29.3 Å². The number of guanidine groups is 1. The van der Waals surface area contributed by atoms with Crippen molar-refractivity contribution in [1.82, 2.24) is 15.5 Å². The van der Waals surface area contributed by atoms with Crippen molar-refractivity contribution in [3.8, 4) is 0 Å². The zero-order valence-corrected chi connectivity index (χ0v) is 16.8. The van der Waals surface area contributed by atoms with Crippen molar-refractivity contribution < 1.29 is 4.74 Å². The topological polar surface area (TPSA) is 52.1 Å². The number of aliphatic imine (C=N–C) groups is 1. The summed E-state index contributed by atoms with van der Waals surface area (Å²) in [5.74, 6) is 0.894. The van der Waals surface area contributed by atoms with E-state index >= 15 is 0 Å². The fourth-order valence-electron chi connectivity index (χ4n) is 2.98. The third-order valence-corrected chi connectivity index (χ3v) is 4.64. The van der Waals surface area contributed by atoms with Gasteiger partial charge in [-0.3, -0.25) is 4.90 Å². The average Bonchev–Trinajstić information content (AvgIpc) is 2.64. The monoisotopic (exact) mass is 361 g/mol. The molecule has 0 atom stereocenters. The first-order valence-electron chi connectivity index (χ1n) is 9.69. The molecule has 6 nitrogen and oxygen atoms in total. The lowest BCUT2D eigenvalue weighted by Crippen LogP contribution is -2.40. The Balaban J connectivity index is 1.81. The van der Waals surface area contributed by atoms with Crippen LogP contribution in [0.3, 0.4) is 0 Å². The summed E-state index contributed by atoms with van der Waals surface area (Å²) in [6.07, 6.45) is 1.11. The van der Waals surface area contributed by atoms with E-state index in [1.807, 2.05) is 0 Å². The van der Waals surface area contributed by atoms with Crippen molar-refractivity contribution in [2.45, 2.75) is 26.8 Å². The normalized spacial score (nSPS) is 15.8. The number of ether oxygens (including phenoxy) is 1. The van der Waals surface area contributed by atoms with Gasteiger partial charge in [0.25, 0.3) is 0 Å². The second-order valence-electron chi connectivity index (χ2n) is 6.93. The van der Waals surface area contributed by atoms with Gasteiger partial charge in [0.05, 0.1) is 19.8 Å². The smallest absolute Gasteiger partial charge is 0.191 e. The number of anilines is 1. The average molecular weight is 362 g/mol. The van der Waals surface area contributed by atoms with Gasteiger partial charge in [-0.05, 0) is 50.1 Å². The van der Waals surface area contributed by atoms with E-state index in [0.717, 1.165) is 58.3 Å². The fourth-order valence-corrected chi connectivity index (χ4v) is 2.98. The molecule has 0 spiro atoms. The molecule has 2 N–H and O–H groups in total. The molecule has 0 unspecified atom stereocenters. The molecular weight excluding hydrogens is 326 g/mol. The number of rotatable bonds is 8. The Morgan fingerprint density at radius 3 is 2.65 bits per heavy atom. The molecule has 1 saturated heterocycles. The zero-order chi connectivity index (χ0) is 18.8. The van der Waals surface area contributed by atoms with E-state index in [2.05, 4.69) is 66.6 Å². The number of hydrogen-bond donors (Lipinski definition) is 2. The summed E-state index contributed by atoms with van der Waals surface area (Å²) in [6, 6.07) is 6.55. The van der Waals surface area contributed by atoms with Crippen LogP contribution in [0.5, 0.6) is 0 Å². The first kappa shape index (κ1) is 20.5. The molecule has 1 aromatic carbocycles. The van der Waals surface area contributed by atoms with Crippen LogP contribution >= 0.6 is 0 Å². The number of nitrogens with zero attached hydrogens (tertiary/aromatic N) is 3. The largest absolute Gasteiger partial charge is 0.379 e. The second kappa shape index (κ2) is 11.0. The summed E-state index contributed by atoms with van der Waals surface area (Å²) >= 11 is 0. The van der Waals surface area contributed by atoms with Crippen LogP contribution < -0.4 is 15.5 Å². The van der Waals surface area contributed by atoms with Crippen LogP contribution in [0.2, 0.25) is 0 Å². The lowest BCUT2D eigenvalue weighted by atomic mass is 10.1. The Kier molecular flexibility index (Phi) is 8.71. The molecule has 0 aromatic heterocycles. The van der Waals surface area contributed by atoms with Crippen LogP contribution in [0.4, 0.5) is 5.69 Å². The second-order valence-corrected chi connectivity index (χ2v) is 6.93. The molecule has 1 aromatic rings. The van der Waals surface area contributed by atoms with E-state index in [4.69, 9.17) is 9.73 Å². The summed E-state index contributed by atoms with van der Waals surface area (Å²) in [6.45, 7) is 11.7. The summed E-state index contributed by atoms with van der Waals surface area (Å²) in [4.78, 5) is 9.34. The van der Waals surface area contributed by atoms with Crippen molar-refractivity contribution >= 4 is 11.6 Å². The van der Waals surface area contributed by atoms with Gasteiger partial charge in [0.2, 0.25) is 0 Å². The third kappa shape index (κ3) is 6.84. The number of nitrogens with one attached hydrogen (secondary N) is 2. The highest BCUT2D eigenvalue weighted by Gasteiger charge is 2.09. The van der Waals surface area contributed by atoms with Gasteiger partial charge in [0, 0.05) is 46.0 Å². The SMILES string of the molecule is CCNC(=NCc1ccc(N(C)C)cc1C)NCCCN1CCOCC1. The van der Waals surface area contributed by atoms with E-state index in [-0.39, 0.29) is 0 Å². The molecule has 0 radical (unpaired) electrons. The zero-order valence-electron chi connectivity index (χ0n) is 16.8. The molecule has 0 amide bonds. The van der Waals surface area contributed by atoms with Gasteiger partial charge in [-0.15, -0.1) is 0 Å². The maximum Gasteiger partial charge on any atom is 0.191 e. The van der Waals surface area contributed by atoms with Crippen molar-refractivity contribution in [2.24, 2.45) is 4.99 Å². The maximum atomic E-state index is 5.39. The van der Waals surface area contributed by atoms with Crippen molar-refractivity contribution in [1.29, 1.82) is 0 Å². The summed E-state index contributed by atoms with van der Waals surface area (Å²) in [5, 5.41) is 6.79. The quantitative estimate of drug-likeness (QED) is 0.420. The molecule has 1 heterocycles. The van der Waals surface area contributed by atoms with Gasteiger partial charge in [-0.25, -0.2) is 4.99 Å². The summed E-state index contributed by atoms with van der Waals surface area (Å²) in [5.41, 5.74) is 3.77. The van der Waals surface area contributed by atoms with Crippen LogP contribution in [-0.2, 0) is 11.3 Å². The Labute approximate surface area is 158 Å². The molecule has 1 aliphatic rings. The van der Waals surface area contributed by atoms with E-state index in [1.165, 1.54) is 16.8 Å². The van der Waals surface area contributed by atoms with Gasteiger partial charge in [-0.2, -0.15) is 0 Å². The highest BCUT2D eigenvalue weighted by molar-refractivity contribution is 5.79. The minimum atomic E-state index is 0.693. The van der Waals surface area contributed by atoms with Gasteiger partial charge in [0.1, 0.15) is 0 Å². The number of hydrogen-bond acceptors (Lipinski definition) is 4. The molecule has 1 aliphatic heterocycles. The molecule has 1 fully saturated rings. The van der Waals surface area contributed by atoms with Gasteiger partial charge in [-0.1, -0.05) is 6.07 Å². The molecule has 0 saturated carbocycles. The fraction of sp³-hybridized carbons (Fsp3) is 0.650. The minimum Gasteiger partial charge on any atom is -0.379 e. The molecule has 26 heavy (non-hydrogen) atoms. The summed E-state index contributed by atoms with van der Waals surface area (Å²) in [7, 11) is 4.13. The van der Waals surface area contributed by atoms with Crippen molar-refractivity contribution in [3.63, 3.8) is 0 Å². The number of aryl methyl sites for hydroxylation is 1. The summed E-state index contributed by atoms with van der Waals surface area (Å²) < 4.78 is 5.39. The lowest BCUT2D eigenvalue weighted by molar-refractivity contribution is 0.0376. The highest BCUT2D eigenvalue weighted by Crippen LogP contribution is 2.17. The Hall–Kier alpha value is -1.79. The van der Waals surface area contributed by atoms with Crippen LogP contribution in [0.15, 0.2) is 23.2 Å². The van der Waals surface area contributed by atoms with Gasteiger partial charge >= 0.3 is 0 Å². The maximum absolute atomic E-state index is 5.39. The molecule has 0 aliphatic carbocycles. The van der Waals surface area contributed by atoms with E-state index < -0.39 is 0 Å². The number of benzene rings is 1.